The second-order valence-electron chi connectivity index (χ2n) is 5.64. The minimum Gasteiger partial charge on any atom is -0.322 e. The fourth-order valence-corrected chi connectivity index (χ4v) is 2.87. The van der Waals surface area contributed by atoms with Gasteiger partial charge in [-0.1, -0.05) is 30.3 Å². The van der Waals surface area contributed by atoms with Crippen molar-refractivity contribution in [1.29, 1.82) is 0 Å². The molecular formula is C18H19FN4O2. The summed E-state index contributed by atoms with van der Waals surface area (Å²) in [6, 6.07) is 8.60. The van der Waals surface area contributed by atoms with Crippen molar-refractivity contribution in [2.45, 2.75) is 26.9 Å². The molecule has 0 aliphatic rings. The van der Waals surface area contributed by atoms with Crippen LogP contribution in [0.4, 0.5) is 4.39 Å². The van der Waals surface area contributed by atoms with Crippen molar-refractivity contribution in [3.63, 3.8) is 0 Å². The number of nitrogens with zero attached hydrogens (tertiary/aromatic N) is 4. The van der Waals surface area contributed by atoms with Gasteiger partial charge in [-0.05, 0) is 13.8 Å². The maximum Gasteiger partial charge on any atom is 0.332 e. The number of imidazole rings is 1. The van der Waals surface area contributed by atoms with Gasteiger partial charge in [-0.3, -0.25) is 13.9 Å². The molecule has 7 heteroatoms. The third-order valence-corrected chi connectivity index (χ3v) is 4.21. The summed E-state index contributed by atoms with van der Waals surface area (Å²) in [5, 5.41) is 0. The van der Waals surface area contributed by atoms with E-state index in [1.165, 1.54) is 15.2 Å². The van der Waals surface area contributed by atoms with Crippen LogP contribution in [0.15, 0.2) is 39.9 Å². The number of aromatic nitrogens is 4. The van der Waals surface area contributed by atoms with Gasteiger partial charge in [0, 0.05) is 31.8 Å². The Morgan fingerprint density at radius 3 is 2.36 bits per heavy atom. The van der Waals surface area contributed by atoms with E-state index in [9.17, 15) is 14.0 Å². The minimum atomic E-state index is -0.458. The maximum atomic E-state index is 14.5. The van der Waals surface area contributed by atoms with Crippen LogP contribution in [-0.2, 0) is 20.1 Å². The first kappa shape index (κ1) is 16.9. The molecule has 2 heterocycles. The first-order chi connectivity index (χ1) is 12.0. The number of benzene rings is 1. The average Bonchev–Trinajstić information content (AvgIpc) is 2.93. The van der Waals surface area contributed by atoms with Crippen molar-refractivity contribution in [2.24, 2.45) is 7.05 Å². The standard InChI is InChI=1S/C18H19FN4O2/c1-4-22-16-15(17(24)23(5-2)18(22)25)21(3)14(20-16)11-13(19)12-9-7-6-8-10-12/h6-11H,4-5H2,1-3H3/b13-11+. The molecule has 0 unspecified atom stereocenters. The van der Waals surface area contributed by atoms with Gasteiger partial charge in [0.15, 0.2) is 11.2 Å². The molecule has 3 aromatic rings. The summed E-state index contributed by atoms with van der Waals surface area (Å²) in [5.41, 5.74) is 0.169. The number of halogens is 1. The lowest BCUT2D eigenvalue weighted by molar-refractivity contribution is 0.604. The Balaban J connectivity index is 2.30. The van der Waals surface area contributed by atoms with Gasteiger partial charge in [0.25, 0.3) is 5.56 Å². The summed E-state index contributed by atoms with van der Waals surface area (Å²) in [6.45, 7) is 4.18. The molecule has 0 N–H and O–H groups in total. The molecule has 0 atom stereocenters. The molecule has 0 spiro atoms. The van der Waals surface area contributed by atoms with E-state index in [-0.39, 0.29) is 23.5 Å². The van der Waals surface area contributed by atoms with Gasteiger partial charge in [-0.15, -0.1) is 0 Å². The highest BCUT2D eigenvalue weighted by molar-refractivity contribution is 5.79. The molecular weight excluding hydrogens is 323 g/mol. The monoisotopic (exact) mass is 342 g/mol. The molecule has 0 radical (unpaired) electrons. The lowest BCUT2D eigenvalue weighted by Gasteiger charge is -2.08. The smallest absolute Gasteiger partial charge is 0.322 e. The summed E-state index contributed by atoms with van der Waals surface area (Å²) in [7, 11) is 1.64. The highest BCUT2D eigenvalue weighted by Gasteiger charge is 2.18. The van der Waals surface area contributed by atoms with Crippen LogP contribution in [0.3, 0.4) is 0 Å². The molecule has 3 rings (SSSR count). The van der Waals surface area contributed by atoms with Gasteiger partial charge in [0.2, 0.25) is 0 Å². The SMILES string of the molecule is CCn1c(=O)c2c(nc(/C=C(/F)c3ccccc3)n2C)n(CC)c1=O. The lowest BCUT2D eigenvalue weighted by Crippen LogP contribution is -2.39. The van der Waals surface area contributed by atoms with E-state index < -0.39 is 17.1 Å². The second-order valence-corrected chi connectivity index (χ2v) is 5.64. The number of hydrogen-bond donors (Lipinski definition) is 0. The Morgan fingerprint density at radius 1 is 1.12 bits per heavy atom. The highest BCUT2D eigenvalue weighted by Crippen LogP contribution is 2.20. The van der Waals surface area contributed by atoms with Crippen LogP contribution in [0.1, 0.15) is 25.2 Å². The molecule has 0 saturated carbocycles. The van der Waals surface area contributed by atoms with Crippen LogP contribution in [-0.4, -0.2) is 18.7 Å². The molecule has 25 heavy (non-hydrogen) atoms. The fraction of sp³-hybridized carbons (Fsp3) is 0.278. The zero-order valence-corrected chi connectivity index (χ0v) is 14.4. The summed E-state index contributed by atoms with van der Waals surface area (Å²) in [6.07, 6.45) is 1.27. The van der Waals surface area contributed by atoms with Crippen molar-refractivity contribution in [3.8, 4) is 0 Å². The van der Waals surface area contributed by atoms with E-state index >= 15 is 0 Å². The molecule has 0 aliphatic carbocycles. The van der Waals surface area contributed by atoms with Crippen molar-refractivity contribution in [3.05, 3.63) is 62.6 Å². The second kappa shape index (κ2) is 6.51. The Bertz CT molecular complexity index is 1070. The van der Waals surface area contributed by atoms with Crippen LogP contribution >= 0.6 is 0 Å². The van der Waals surface area contributed by atoms with Gasteiger partial charge in [0.1, 0.15) is 11.7 Å². The van der Waals surface area contributed by atoms with E-state index in [1.54, 1.807) is 51.2 Å². The summed E-state index contributed by atoms with van der Waals surface area (Å²) in [4.78, 5) is 29.4. The van der Waals surface area contributed by atoms with Gasteiger partial charge in [0.05, 0.1) is 0 Å². The molecule has 0 saturated heterocycles. The van der Waals surface area contributed by atoms with Gasteiger partial charge >= 0.3 is 5.69 Å². The number of hydrogen-bond acceptors (Lipinski definition) is 3. The maximum absolute atomic E-state index is 14.5. The van der Waals surface area contributed by atoms with Gasteiger partial charge in [-0.2, -0.15) is 0 Å². The van der Waals surface area contributed by atoms with E-state index in [0.717, 1.165) is 4.57 Å². The summed E-state index contributed by atoms with van der Waals surface area (Å²) >= 11 is 0. The van der Waals surface area contributed by atoms with E-state index in [4.69, 9.17) is 0 Å². The minimum absolute atomic E-state index is 0.266. The highest BCUT2D eigenvalue weighted by atomic mass is 19.1. The third-order valence-electron chi connectivity index (χ3n) is 4.21. The van der Waals surface area contributed by atoms with Gasteiger partial charge in [-0.25, -0.2) is 14.2 Å². The molecule has 6 nitrogen and oxygen atoms in total. The van der Waals surface area contributed by atoms with Crippen molar-refractivity contribution in [2.75, 3.05) is 0 Å². The molecule has 0 aliphatic heterocycles. The Hall–Kier alpha value is -2.96. The molecule has 0 fully saturated rings. The number of fused-ring (bicyclic) bond motifs is 1. The zero-order valence-electron chi connectivity index (χ0n) is 14.4. The first-order valence-corrected chi connectivity index (χ1v) is 8.12. The third kappa shape index (κ3) is 2.71. The van der Waals surface area contributed by atoms with Crippen molar-refractivity contribution < 1.29 is 4.39 Å². The lowest BCUT2D eigenvalue weighted by atomic mass is 10.2. The van der Waals surface area contributed by atoms with E-state index in [1.807, 2.05) is 0 Å². The molecule has 1 aromatic carbocycles. The molecule has 2 aromatic heterocycles. The number of rotatable bonds is 4. The van der Waals surface area contributed by atoms with Crippen molar-refractivity contribution in [1.82, 2.24) is 18.7 Å². The van der Waals surface area contributed by atoms with E-state index in [0.29, 0.717) is 12.1 Å². The van der Waals surface area contributed by atoms with Crippen LogP contribution in [0, 0.1) is 0 Å². The average molecular weight is 342 g/mol. The Labute approximate surface area is 143 Å². The first-order valence-electron chi connectivity index (χ1n) is 8.12. The van der Waals surface area contributed by atoms with Crippen LogP contribution < -0.4 is 11.2 Å². The fourth-order valence-electron chi connectivity index (χ4n) is 2.87. The quantitative estimate of drug-likeness (QED) is 0.731. The Kier molecular flexibility index (Phi) is 4.39. The summed E-state index contributed by atoms with van der Waals surface area (Å²) in [5.74, 6) is -0.177. The van der Waals surface area contributed by atoms with Crippen LogP contribution in [0.5, 0.6) is 0 Å². The predicted molar refractivity (Wildman–Crippen MR) is 96.0 cm³/mol. The topological polar surface area (TPSA) is 61.8 Å². The molecule has 0 amide bonds. The van der Waals surface area contributed by atoms with Crippen LogP contribution in [0.2, 0.25) is 0 Å². The summed E-state index contributed by atoms with van der Waals surface area (Å²) < 4.78 is 18.6. The molecule has 0 bridgehead atoms. The largest absolute Gasteiger partial charge is 0.332 e. The number of aryl methyl sites for hydroxylation is 2. The Morgan fingerprint density at radius 2 is 1.76 bits per heavy atom. The molecule has 130 valence electrons. The van der Waals surface area contributed by atoms with Crippen LogP contribution in [0.25, 0.3) is 23.1 Å². The predicted octanol–water partition coefficient (Wildman–Crippen LogP) is 2.40. The zero-order chi connectivity index (χ0) is 18.1. The van der Waals surface area contributed by atoms with Gasteiger partial charge < -0.3 is 4.57 Å². The van der Waals surface area contributed by atoms with Crippen molar-refractivity contribution >= 4 is 23.1 Å². The van der Waals surface area contributed by atoms with E-state index in [2.05, 4.69) is 4.98 Å². The normalized spacial score (nSPS) is 12.1.